The van der Waals surface area contributed by atoms with Gasteiger partial charge in [-0.05, 0) is 11.5 Å². The van der Waals surface area contributed by atoms with E-state index in [-0.39, 0.29) is 17.9 Å². The minimum absolute atomic E-state index is 0.00185. The third-order valence-corrected chi connectivity index (χ3v) is 2.47. The molecule has 0 spiro atoms. The van der Waals surface area contributed by atoms with Gasteiger partial charge in [0, 0.05) is 12.5 Å². The zero-order chi connectivity index (χ0) is 12.3. The number of rotatable bonds is 4. The van der Waals surface area contributed by atoms with E-state index in [4.69, 9.17) is 5.11 Å². The lowest BCUT2D eigenvalue weighted by atomic mass is 9.96. The summed E-state index contributed by atoms with van der Waals surface area (Å²) in [4.78, 5) is 10.5. The Bertz CT molecular complexity index is 366. The van der Waals surface area contributed by atoms with Crippen LogP contribution in [0.15, 0.2) is 24.3 Å². The van der Waals surface area contributed by atoms with Crippen LogP contribution in [0.4, 0.5) is 8.78 Å². The van der Waals surface area contributed by atoms with E-state index in [2.05, 4.69) is 0 Å². The molecular weight excluding hydrogens is 214 g/mol. The zero-order valence-corrected chi connectivity index (χ0v) is 9.21. The number of aliphatic carboxylic acids is 1. The van der Waals surface area contributed by atoms with Crippen molar-refractivity contribution in [3.05, 3.63) is 35.4 Å². The Labute approximate surface area is 92.9 Å². The normalized spacial score (nSPS) is 13.5. The summed E-state index contributed by atoms with van der Waals surface area (Å²) in [5.41, 5.74) is 0.703. The molecule has 16 heavy (non-hydrogen) atoms. The highest BCUT2D eigenvalue weighted by atomic mass is 19.3. The molecular formula is C12H14F2O2. The minimum atomic E-state index is -2.85. The van der Waals surface area contributed by atoms with Crippen LogP contribution < -0.4 is 0 Å². The number of hydrogen-bond donors (Lipinski definition) is 1. The van der Waals surface area contributed by atoms with Gasteiger partial charge in [0.1, 0.15) is 0 Å². The molecule has 0 radical (unpaired) electrons. The van der Waals surface area contributed by atoms with Gasteiger partial charge in [0.05, 0.1) is 6.42 Å². The first-order valence-electron chi connectivity index (χ1n) is 5.00. The van der Waals surface area contributed by atoms with Gasteiger partial charge in [-0.2, -0.15) is 0 Å². The summed E-state index contributed by atoms with van der Waals surface area (Å²) in [5.74, 6) is -3.91. The molecule has 1 atom stereocenters. The quantitative estimate of drug-likeness (QED) is 0.857. The molecule has 0 heterocycles. The van der Waals surface area contributed by atoms with Crippen LogP contribution in [0, 0.1) is 0 Å². The third-order valence-electron chi connectivity index (χ3n) is 2.47. The fourth-order valence-corrected chi connectivity index (χ4v) is 1.48. The maximum absolute atomic E-state index is 12.9. The van der Waals surface area contributed by atoms with Gasteiger partial charge in [0.2, 0.25) is 0 Å². The molecule has 0 bridgehead atoms. The van der Waals surface area contributed by atoms with Gasteiger partial charge >= 0.3 is 5.97 Å². The van der Waals surface area contributed by atoms with E-state index in [1.165, 1.54) is 12.1 Å². The van der Waals surface area contributed by atoms with E-state index in [1.807, 2.05) is 0 Å². The summed E-state index contributed by atoms with van der Waals surface area (Å²) in [6, 6.07) is 5.79. The molecule has 0 fully saturated rings. The van der Waals surface area contributed by atoms with Crippen LogP contribution in [0.3, 0.4) is 0 Å². The molecule has 88 valence electrons. The van der Waals surface area contributed by atoms with Crippen molar-refractivity contribution in [2.24, 2.45) is 0 Å². The lowest BCUT2D eigenvalue weighted by Gasteiger charge is -2.13. The molecule has 1 aromatic rings. The molecule has 0 amide bonds. The minimum Gasteiger partial charge on any atom is -0.481 e. The van der Waals surface area contributed by atoms with Gasteiger partial charge in [-0.3, -0.25) is 4.79 Å². The Morgan fingerprint density at radius 2 is 1.88 bits per heavy atom. The molecule has 0 aliphatic rings. The van der Waals surface area contributed by atoms with Crippen molar-refractivity contribution in [1.82, 2.24) is 0 Å². The fraction of sp³-hybridized carbons (Fsp3) is 0.417. The molecule has 1 unspecified atom stereocenters. The molecule has 1 N–H and O–H groups in total. The summed E-state index contributed by atoms with van der Waals surface area (Å²) in [7, 11) is 0. The number of benzene rings is 1. The van der Waals surface area contributed by atoms with Gasteiger partial charge in [0.25, 0.3) is 5.92 Å². The summed E-state index contributed by atoms with van der Waals surface area (Å²) in [6.07, 6.45) is 0.00185. The Balaban J connectivity index is 2.83. The van der Waals surface area contributed by atoms with Gasteiger partial charge in [-0.15, -0.1) is 0 Å². The van der Waals surface area contributed by atoms with Crippen molar-refractivity contribution in [2.45, 2.75) is 32.1 Å². The van der Waals surface area contributed by atoms with Crippen LogP contribution in [0.2, 0.25) is 0 Å². The summed E-state index contributed by atoms with van der Waals surface area (Å²) >= 11 is 0. The highest BCUT2D eigenvalue weighted by molar-refractivity contribution is 5.67. The van der Waals surface area contributed by atoms with Gasteiger partial charge in [-0.25, -0.2) is 8.78 Å². The Morgan fingerprint density at radius 3 is 2.25 bits per heavy atom. The van der Waals surface area contributed by atoms with Crippen LogP contribution in [-0.2, 0) is 10.7 Å². The van der Waals surface area contributed by atoms with Crippen molar-refractivity contribution < 1.29 is 18.7 Å². The van der Waals surface area contributed by atoms with Crippen LogP contribution >= 0.6 is 0 Å². The first kappa shape index (κ1) is 12.6. The van der Waals surface area contributed by atoms with Gasteiger partial charge in [0.15, 0.2) is 0 Å². The zero-order valence-electron chi connectivity index (χ0n) is 9.21. The summed E-state index contributed by atoms with van der Waals surface area (Å²) in [5, 5.41) is 8.61. The number of halogens is 2. The number of carboxylic acid groups (broad SMARTS) is 1. The smallest absolute Gasteiger partial charge is 0.303 e. The maximum Gasteiger partial charge on any atom is 0.303 e. The van der Waals surface area contributed by atoms with E-state index in [0.717, 1.165) is 12.5 Å². The monoisotopic (exact) mass is 228 g/mol. The second-order valence-electron chi connectivity index (χ2n) is 4.01. The summed E-state index contributed by atoms with van der Waals surface area (Å²) in [6.45, 7) is 2.59. The lowest BCUT2D eigenvalue weighted by molar-refractivity contribution is -0.137. The SMILES string of the molecule is CC(CC(=O)O)c1ccc(C(C)(F)F)cc1. The molecule has 0 saturated heterocycles. The van der Waals surface area contributed by atoms with Crippen molar-refractivity contribution in [1.29, 1.82) is 0 Å². The van der Waals surface area contributed by atoms with E-state index >= 15 is 0 Å². The molecule has 0 aliphatic heterocycles. The number of carbonyl (C=O) groups is 1. The standard InChI is InChI=1S/C12H14F2O2/c1-8(7-11(15)16)9-3-5-10(6-4-9)12(2,13)14/h3-6,8H,7H2,1-2H3,(H,15,16). The van der Waals surface area contributed by atoms with E-state index in [1.54, 1.807) is 19.1 Å². The van der Waals surface area contributed by atoms with Crippen LogP contribution in [0.25, 0.3) is 0 Å². The first-order chi connectivity index (χ1) is 7.30. The third kappa shape index (κ3) is 3.29. The second kappa shape index (κ2) is 4.60. The topological polar surface area (TPSA) is 37.3 Å². The Hall–Kier alpha value is -1.45. The van der Waals surface area contributed by atoms with Crippen molar-refractivity contribution in [2.75, 3.05) is 0 Å². The van der Waals surface area contributed by atoms with E-state index in [9.17, 15) is 13.6 Å². The highest BCUT2D eigenvalue weighted by Crippen LogP contribution is 2.28. The largest absolute Gasteiger partial charge is 0.481 e. The molecule has 2 nitrogen and oxygen atoms in total. The van der Waals surface area contributed by atoms with E-state index in [0.29, 0.717) is 0 Å². The highest BCUT2D eigenvalue weighted by Gasteiger charge is 2.24. The predicted molar refractivity (Wildman–Crippen MR) is 56.7 cm³/mol. The van der Waals surface area contributed by atoms with E-state index < -0.39 is 11.9 Å². The van der Waals surface area contributed by atoms with Crippen molar-refractivity contribution in [3.8, 4) is 0 Å². The Morgan fingerprint density at radius 1 is 1.38 bits per heavy atom. The maximum atomic E-state index is 12.9. The number of hydrogen-bond acceptors (Lipinski definition) is 1. The van der Waals surface area contributed by atoms with Gasteiger partial charge in [-0.1, -0.05) is 31.2 Å². The predicted octanol–water partition coefficient (Wildman–Crippen LogP) is 3.38. The average molecular weight is 228 g/mol. The van der Waals surface area contributed by atoms with Crippen LogP contribution in [-0.4, -0.2) is 11.1 Å². The van der Waals surface area contributed by atoms with Crippen LogP contribution in [0.5, 0.6) is 0 Å². The average Bonchev–Trinajstić information content (AvgIpc) is 2.15. The Kier molecular flexibility index (Phi) is 3.62. The second-order valence-corrected chi connectivity index (χ2v) is 4.01. The molecule has 0 aromatic heterocycles. The number of alkyl halides is 2. The first-order valence-corrected chi connectivity index (χ1v) is 5.00. The molecule has 0 aliphatic carbocycles. The van der Waals surface area contributed by atoms with Crippen molar-refractivity contribution in [3.63, 3.8) is 0 Å². The lowest BCUT2D eigenvalue weighted by Crippen LogP contribution is -2.07. The molecule has 1 rings (SSSR count). The van der Waals surface area contributed by atoms with Gasteiger partial charge < -0.3 is 5.11 Å². The summed E-state index contributed by atoms with van der Waals surface area (Å²) < 4.78 is 25.8. The van der Waals surface area contributed by atoms with Crippen molar-refractivity contribution >= 4 is 5.97 Å². The molecule has 1 aromatic carbocycles. The molecule has 0 saturated carbocycles. The molecule has 4 heteroatoms. The fourth-order valence-electron chi connectivity index (χ4n) is 1.48. The number of carboxylic acids is 1. The van der Waals surface area contributed by atoms with Crippen LogP contribution in [0.1, 0.15) is 37.3 Å².